The summed E-state index contributed by atoms with van der Waals surface area (Å²) in [6.07, 6.45) is 0. The maximum atomic E-state index is 13.0. The Labute approximate surface area is 148 Å². The number of nitrogen functional groups attached to an aromatic ring is 1. The quantitative estimate of drug-likeness (QED) is 0.862. The second-order valence-corrected chi connectivity index (χ2v) is 6.58. The normalized spacial score (nSPS) is 15.0. The van der Waals surface area contributed by atoms with Gasteiger partial charge < -0.3 is 15.5 Å². The van der Waals surface area contributed by atoms with E-state index in [4.69, 9.17) is 5.73 Å². The molecule has 0 aliphatic carbocycles. The third-order valence-corrected chi connectivity index (χ3v) is 5.25. The Kier molecular flexibility index (Phi) is 4.75. The Morgan fingerprint density at radius 1 is 1.25 bits per heavy atom. The first-order valence-corrected chi connectivity index (χ1v) is 8.51. The fourth-order valence-electron chi connectivity index (χ4n) is 2.80. The summed E-state index contributed by atoms with van der Waals surface area (Å²) < 4.78 is 15.4. The zero-order valence-corrected chi connectivity index (χ0v) is 15.0. The molecule has 0 radical (unpaired) electrons. The van der Waals surface area contributed by atoms with Gasteiger partial charge >= 0.3 is 0 Å². The van der Waals surface area contributed by atoms with Crippen LogP contribution in [-0.4, -0.2) is 46.8 Å². The van der Waals surface area contributed by atoms with Crippen LogP contribution in [0.5, 0.6) is 0 Å². The minimum absolute atomic E-state index is 0.0202. The van der Waals surface area contributed by atoms with Crippen LogP contribution in [-0.2, 0) is 11.3 Å². The van der Waals surface area contributed by atoms with E-state index in [0.717, 1.165) is 28.9 Å². The van der Waals surface area contributed by atoms with Crippen LogP contribution in [0.25, 0.3) is 0 Å². The number of hydrogen-bond donors (Lipinski definition) is 1. The Morgan fingerprint density at radius 3 is 2.42 bits per heavy atom. The lowest BCUT2D eigenvalue weighted by Gasteiger charge is -2.36. The summed E-state index contributed by atoms with van der Waals surface area (Å²) in [6.45, 7) is 4.76. The summed E-state index contributed by atoms with van der Waals surface area (Å²) in [4.78, 5) is 16.4. The second-order valence-electron chi connectivity index (χ2n) is 5.79. The van der Waals surface area contributed by atoms with Gasteiger partial charge in [-0.15, -0.1) is 0 Å². The molecular weight excluding hydrogens is 377 g/mol. The number of hydrogen-bond acceptors (Lipinski definition) is 4. The van der Waals surface area contributed by atoms with Gasteiger partial charge in [-0.2, -0.15) is 5.10 Å². The van der Waals surface area contributed by atoms with Gasteiger partial charge in [0.05, 0.1) is 10.2 Å². The van der Waals surface area contributed by atoms with Crippen molar-refractivity contribution >= 4 is 33.3 Å². The molecule has 1 aliphatic heterocycles. The van der Waals surface area contributed by atoms with Crippen molar-refractivity contribution in [3.63, 3.8) is 0 Å². The van der Waals surface area contributed by atoms with Crippen LogP contribution >= 0.6 is 15.9 Å². The standard InChI is InChI=1S/C16H19BrFN5O/c1-11-15(17)16(19)20-23(11)10-14(24)22-8-6-21(7-9-22)13-4-2-12(18)3-5-13/h2-5H,6-10H2,1H3,(H2,19,20). The number of amides is 1. The molecule has 0 unspecified atom stereocenters. The molecule has 1 aromatic carbocycles. The molecule has 1 aromatic heterocycles. The van der Waals surface area contributed by atoms with E-state index in [-0.39, 0.29) is 18.3 Å². The van der Waals surface area contributed by atoms with Gasteiger partial charge in [0, 0.05) is 31.9 Å². The van der Waals surface area contributed by atoms with Crippen LogP contribution in [0.2, 0.25) is 0 Å². The number of rotatable bonds is 3. The van der Waals surface area contributed by atoms with Gasteiger partial charge in [0.25, 0.3) is 0 Å². The smallest absolute Gasteiger partial charge is 0.244 e. The van der Waals surface area contributed by atoms with E-state index in [9.17, 15) is 9.18 Å². The van der Waals surface area contributed by atoms with Crippen molar-refractivity contribution in [2.24, 2.45) is 0 Å². The molecule has 1 aliphatic rings. The fraction of sp³-hybridized carbons (Fsp3) is 0.375. The van der Waals surface area contributed by atoms with E-state index in [1.807, 2.05) is 11.8 Å². The number of carbonyl (C=O) groups excluding carboxylic acids is 1. The number of nitrogens with two attached hydrogens (primary N) is 1. The third-order valence-electron chi connectivity index (χ3n) is 4.27. The molecule has 3 rings (SSSR count). The predicted molar refractivity (Wildman–Crippen MR) is 94.3 cm³/mol. The minimum Gasteiger partial charge on any atom is -0.381 e. The van der Waals surface area contributed by atoms with Crippen LogP contribution < -0.4 is 10.6 Å². The van der Waals surface area contributed by atoms with Gasteiger partial charge in [-0.1, -0.05) is 0 Å². The first-order valence-electron chi connectivity index (χ1n) is 7.72. The summed E-state index contributed by atoms with van der Waals surface area (Å²) in [5.41, 5.74) is 7.57. The van der Waals surface area contributed by atoms with E-state index in [1.54, 1.807) is 16.8 Å². The van der Waals surface area contributed by atoms with Crippen molar-refractivity contribution in [2.75, 3.05) is 36.8 Å². The highest BCUT2D eigenvalue weighted by Gasteiger charge is 2.22. The minimum atomic E-state index is -0.243. The Morgan fingerprint density at radius 2 is 1.88 bits per heavy atom. The average molecular weight is 396 g/mol. The molecule has 24 heavy (non-hydrogen) atoms. The van der Waals surface area contributed by atoms with Crippen molar-refractivity contribution in [1.82, 2.24) is 14.7 Å². The van der Waals surface area contributed by atoms with Gasteiger partial charge in [0.2, 0.25) is 5.91 Å². The lowest BCUT2D eigenvalue weighted by Crippen LogP contribution is -2.49. The van der Waals surface area contributed by atoms with Gasteiger partial charge in [-0.3, -0.25) is 9.48 Å². The van der Waals surface area contributed by atoms with Gasteiger partial charge in [-0.05, 0) is 47.1 Å². The fourth-order valence-corrected chi connectivity index (χ4v) is 3.08. The molecule has 0 atom stereocenters. The van der Waals surface area contributed by atoms with Crippen molar-refractivity contribution in [3.8, 4) is 0 Å². The first-order chi connectivity index (χ1) is 11.5. The van der Waals surface area contributed by atoms with E-state index in [0.29, 0.717) is 18.9 Å². The van der Waals surface area contributed by atoms with Crippen LogP contribution in [0.1, 0.15) is 5.69 Å². The summed E-state index contributed by atoms with van der Waals surface area (Å²) >= 11 is 3.36. The Hall–Kier alpha value is -2.09. The highest BCUT2D eigenvalue weighted by Crippen LogP contribution is 2.22. The number of benzene rings is 1. The molecular formula is C16H19BrFN5O. The monoisotopic (exact) mass is 395 g/mol. The lowest BCUT2D eigenvalue weighted by molar-refractivity contribution is -0.132. The first kappa shape index (κ1) is 16.8. The van der Waals surface area contributed by atoms with Gasteiger partial charge in [0.1, 0.15) is 12.4 Å². The highest BCUT2D eigenvalue weighted by atomic mass is 79.9. The van der Waals surface area contributed by atoms with Crippen molar-refractivity contribution in [1.29, 1.82) is 0 Å². The molecule has 128 valence electrons. The molecule has 2 heterocycles. The maximum absolute atomic E-state index is 13.0. The molecule has 6 nitrogen and oxygen atoms in total. The maximum Gasteiger partial charge on any atom is 0.244 e. The third kappa shape index (κ3) is 3.38. The predicted octanol–water partition coefficient (Wildman–Crippen LogP) is 2.02. The van der Waals surface area contributed by atoms with E-state index < -0.39 is 0 Å². The van der Waals surface area contributed by atoms with Crippen molar-refractivity contribution < 1.29 is 9.18 Å². The second kappa shape index (κ2) is 6.80. The van der Waals surface area contributed by atoms with E-state index in [1.165, 1.54) is 12.1 Å². The number of anilines is 2. The molecule has 1 amide bonds. The van der Waals surface area contributed by atoms with Crippen LogP contribution in [0.4, 0.5) is 15.9 Å². The molecule has 1 saturated heterocycles. The molecule has 0 saturated carbocycles. The van der Waals surface area contributed by atoms with Crippen molar-refractivity contribution in [2.45, 2.75) is 13.5 Å². The summed E-state index contributed by atoms with van der Waals surface area (Å²) in [5, 5.41) is 4.17. The molecule has 2 N–H and O–H groups in total. The van der Waals surface area contributed by atoms with Gasteiger partial charge in [-0.25, -0.2) is 4.39 Å². The van der Waals surface area contributed by atoms with Crippen LogP contribution in [0.3, 0.4) is 0 Å². The summed E-state index contributed by atoms with van der Waals surface area (Å²) in [7, 11) is 0. The molecule has 0 spiro atoms. The molecule has 1 fully saturated rings. The summed E-state index contributed by atoms with van der Waals surface area (Å²) in [5.74, 6) is 0.167. The number of aromatic nitrogens is 2. The average Bonchev–Trinajstić information content (AvgIpc) is 2.83. The Balaban J connectivity index is 1.59. The number of nitrogens with zero attached hydrogens (tertiary/aromatic N) is 4. The molecule has 0 bridgehead atoms. The van der Waals surface area contributed by atoms with E-state index >= 15 is 0 Å². The number of halogens is 2. The zero-order chi connectivity index (χ0) is 17.3. The highest BCUT2D eigenvalue weighted by molar-refractivity contribution is 9.10. The van der Waals surface area contributed by atoms with E-state index in [2.05, 4.69) is 25.9 Å². The van der Waals surface area contributed by atoms with Gasteiger partial charge in [0.15, 0.2) is 5.82 Å². The number of piperazine rings is 1. The summed E-state index contributed by atoms with van der Waals surface area (Å²) in [6, 6.07) is 6.44. The largest absolute Gasteiger partial charge is 0.381 e. The number of carbonyl (C=O) groups is 1. The topological polar surface area (TPSA) is 67.4 Å². The molecule has 8 heteroatoms. The lowest BCUT2D eigenvalue weighted by atomic mass is 10.2. The van der Waals surface area contributed by atoms with Crippen LogP contribution in [0, 0.1) is 12.7 Å². The Bertz CT molecular complexity index is 738. The van der Waals surface area contributed by atoms with Crippen molar-refractivity contribution in [3.05, 3.63) is 40.2 Å². The zero-order valence-electron chi connectivity index (χ0n) is 13.4. The molecule has 2 aromatic rings. The van der Waals surface area contributed by atoms with Crippen LogP contribution in [0.15, 0.2) is 28.7 Å². The SMILES string of the molecule is Cc1c(Br)c(N)nn1CC(=O)N1CCN(c2ccc(F)cc2)CC1.